The van der Waals surface area contributed by atoms with Crippen LogP contribution in [-0.4, -0.2) is 15.9 Å². The highest BCUT2D eigenvalue weighted by atomic mass is 32.1. The van der Waals surface area contributed by atoms with Gasteiger partial charge in [0.1, 0.15) is 10.7 Å². The normalized spacial score (nSPS) is 12.8. The fraction of sp³-hybridized carbons (Fsp3) is 0.188. The van der Waals surface area contributed by atoms with Crippen molar-refractivity contribution in [1.29, 1.82) is 0 Å². The Labute approximate surface area is 144 Å². The molecule has 5 nitrogen and oxygen atoms in total. The van der Waals surface area contributed by atoms with E-state index in [0.29, 0.717) is 11.3 Å². The number of rotatable bonds is 4. The van der Waals surface area contributed by atoms with E-state index in [-0.39, 0.29) is 10.8 Å². The molecule has 0 fully saturated rings. The summed E-state index contributed by atoms with van der Waals surface area (Å²) >= 11 is 0.832. The third-order valence-electron chi connectivity index (χ3n) is 3.35. The lowest BCUT2D eigenvalue weighted by Crippen LogP contribution is -2.26. The van der Waals surface area contributed by atoms with Crippen molar-refractivity contribution < 1.29 is 22.4 Å². The first-order valence-corrected chi connectivity index (χ1v) is 8.06. The van der Waals surface area contributed by atoms with Gasteiger partial charge in [-0.2, -0.15) is 13.2 Å². The van der Waals surface area contributed by atoms with E-state index in [1.54, 1.807) is 31.2 Å². The molecule has 0 aliphatic heterocycles. The highest BCUT2D eigenvalue weighted by molar-refractivity contribution is 7.09. The highest BCUT2D eigenvalue weighted by Crippen LogP contribution is 2.32. The molecule has 1 atom stereocenters. The van der Waals surface area contributed by atoms with Crippen LogP contribution in [0.15, 0.2) is 46.5 Å². The molecule has 0 bridgehead atoms. The fourth-order valence-corrected chi connectivity index (χ4v) is 2.98. The van der Waals surface area contributed by atoms with E-state index in [2.05, 4.69) is 15.3 Å². The molecule has 2 aromatic heterocycles. The van der Waals surface area contributed by atoms with E-state index in [0.717, 1.165) is 23.1 Å². The molecule has 0 saturated heterocycles. The van der Waals surface area contributed by atoms with Crippen LogP contribution in [0.3, 0.4) is 0 Å². The summed E-state index contributed by atoms with van der Waals surface area (Å²) in [4.78, 5) is 20.0. The van der Waals surface area contributed by atoms with E-state index < -0.39 is 23.8 Å². The van der Waals surface area contributed by atoms with Crippen LogP contribution in [0.1, 0.15) is 34.2 Å². The number of nitrogens with one attached hydrogen (secondary N) is 1. The third-order valence-corrected chi connectivity index (χ3v) is 4.38. The minimum absolute atomic E-state index is 0.00866. The van der Waals surface area contributed by atoms with Crippen molar-refractivity contribution >= 4 is 17.2 Å². The summed E-state index contributed by atoms with van der Waals surface area (Å²) in [5, 5.41) is 3.65. The van der Waals surface area contributed by atoms with Gasteiger partial charge >= 0.3 is 6.18 Å². The Morgan fingerprint density at radius 1 is 1.28 bits per heavy atom. The zero-order chi connectivity index (χ0) is 18.0. The molecule has 130 valence electrons. The fourth-order valence-electron chi connectivity index (χ4n) is 2.15. The lowest BCUT2D eigenvalue weighted by atomic mass is 10.1. The van der Waals surface area contributed by atoms with Gasteiger partial charge in [0.15, 0.2) is 12.1 Å². The monoisotopic (exact) mass is 367 g/mol. The maximum Gasteiger partial charge on any atom is 0.434 e. The SMILES string of the molecule is CC(NC(=O)c1ocnc1-c1ccccc1)c1nc(C(F)(F)F)cs1. The maximum absolute atomic E-state index is 12.6. The largest absolute Gasteiger partial charge is 0.438 e. The Kier molecular flexibility index (Phi) is 4.58. The van der Waals surface area contributed by atoms with Gasteiger partial charge in [-0.15, -0.1) is 11.3 Å². The molecule has 25 heavy (non-hydrogen) atoms. The number of benzene rings is 1. The van der Waals surface area contributed by atoms with Crippen LogP contribution in [0.4, 0.5) is 13.2 Å². The van der Waals surface area contributed by atoms with Crippen LogP contribution < -0.4 is 5.32 Å². The van der Waals surface area contributed by atoms with Crippen molar-refractivity contribution in [2.45, 2.75) is 19.1 Å². The number of aromatic nitrogens is 2. The summed E-state index contributed by atoms with van der Waals surface area (Å²) in [7, 11) is 0. The number of thiazole rings is 1. The average molecular weight is 367 g/mol. The number of carbonyl (C=O) groups is 1. The zero-order valence-electron chi connectivity index (χ0n) is 12.9. The standard InChI is InChI=1S/C16H12F3N3O2S/c1-9(15-22-11(7-25-15)16(17,18)19)21-14(23)13-12(20-8-24-13)10-5-3-2-4-6-10/h2-9H,1H3,(H,21,23). The molecule has 0 radical (unpaired) electrons. The van der Waals surface area contributed by atoms with Crippen LogP contribution in [0.2, 0.25) is 0 Å². The van der Waals surface area contributed by atoms with Gasteiger partial charge in [-0.05, 0) is 6.92 Å². The molecular formula is C16H12F3N3O2S. The molecule has 0 saturated carbocycles. The molecule has 9 heteroatoms. The summed E-state index contributed by atoms with van der Waals surface area (Å²) in [6.45, 7) is 1.55. The van der Waals surface area contributed by atoms with Crippen molar-refractivity contribution in [3.05, 3.63) is 58.6 Å². The zero-order valence-corrected chi connectivity index (χ0v) is 13.7. The van der Waals surface area contributed by atoms with Gasteiger partial charge in [0.05, 0.1) is 6.04 Å². The number of carbonyl (C=O) groups excluding carboxylic acids is 1. The van der Waals surface area contributed by atoms with Gasteiger partial charge in [-0.25, -0.2) is 9.97 Å². The molecule has 0 spiro atoms. The Morgan fingerprint density at radius 3 is 2.64 bits per heavy atom. The topological polar surface area (TPSA) is 68.0 Å². The summed E-state index contributed by atoms with van der Waals surface area (Å²) in [6.07, 6.45) is -3.36. The second-order valence-electron chi connectivity index (χ2n) is 5.16. The molecule has 3 rings (SSSR count). The molecule has 1 N–H and O–H groups in total. The van der Waals surface area contributed by atoms with E-state index in [1.807, 2.05) is 6.07 Å². The Bertz CT molecular complexity index is 874. The van der Waals surface area contributed by atoms with Crippen molar-refractivity contribution in [3.63, 3.8) is 0 Å². The van der Waals surface area contributed by atoms with Crippen molar-refractivity contribution in [2.75, 3.05) is 0 Å². The van der Waals surface area contributed by atoms with E-state index in [1.165, 1.54) is 0 Å². The lowest BCUT2D eigenvalue weighted by molar-refractivity contribution is -0.140. The number of alkyl halides is 3. The minimum Gasteiger partial charge on any atom is -0.438 e. The first-order valence-electron chi connectivity index (χ1n) is 7.18. The first kappa shape index (κ1) is 17.2. The van der Waals surface area contributed by atoms with E-state index >= 15 is 0 Å². The highest BCUT2D eigenvalue weighted by Gasteiger charge is 2.34. The van der Waals surface area contributed by atoms with Crippen molar-refractivity contribution in [1.82, 2.24) is 15.3 Å². The maximum atomic E-state index is 12.6. The Morgan fingerprint density at radius 2 is 2.00 bits per heavy atom. The van der Waals surface area contributed by atoms with Gasteiger partial charge in [0.2, 0.25) is 5.76 Å². The lowest BCUT2D eigenvalue weighted by Gasteiger charge is -2.10. The number of nitrogens with zero attached hydrogens (tertiary/aromatic N) is 2. The second-order valence-corrected chi connectivity index (χ2v) is 6.05. The van der Waals surface area contributed by atoms with Gasteiger partial charge in [0.25, 0.3) is 5.91 Å². The van der Waals surface area contributed by atoms with Gasteiger partial charge in [-0.1, -0.05) is 30.3 Å². The van der Waals surface area contributed by atoms with E-state index in [4.69, 9.17) is 4.42 Å². The summed E-state index contributed by atoms with van der Waals surface area (Å²) in [5.74, 6) is -0.585. The predicted octanol–water partition coefficient (Wildman–Crippen LogP) is 4.31. The summed E-state index contributed by atoms with van der Waals surface area (Å²) < 4.78 is 43.0. The number of hydrogen-bond acceptors (Lipinski definition) is 5. The third kappa shape index (κ3) is 3.71. The Balaban J connectivity index is 1.77. The van der Waals surface area contributed by atoms with Crippen LogP contribution >= 0.6 is 11.3 Å². The molecule has 1 amide bonds. The van der Waals surface area contributed by atoms with Crippen LogP contribution in [0, 0.1) is 0 Å². The first-order chi connectivity index (χ1) is 11.9. The molecule has 1 aromatic carbocycles. The molecule has 2 heterocycles. The molecule has 0 aliphatic carbocycles. The quantitative estimate of drug-likeness (QED) is 0.746. The average Bonchev–Trinajstić information content (AvgIpc) is 3.24. The number of oxazole rings is 1. The van der Waals surface area contributed by atoms with Crippen molar-refractivity contribution in [2.24, 2.45) is 0 Å². The number of halogens is 3. The van der Waals surface area contributed by atoms with E-state index in [9.17, 15) is 18.0 Å². The van der Waals surface area contributed by atoms with Gasteiger partial charge in [0, 0.05) is 10.9 Å². The summed E-state index contributed by atoms with van der Waals surface area (Å²) in [5.41, 5.74) is 0.0846. The van der Waals surface area contributed by atoms with Gasteiger partial charge in [-0.3, -0.25) is 4.79 Å². The molecular weight excluding hydrogens is 355 g/mol. The molecule has 0 aliphatic rings. The molecule has 1 unspecified atom stereocenters. The minimum atomic E-state index is -4.51. The van der Waals surface area contributed by atoms with Crippen LogP contribution in [-0.2, 0) is 6.18 Å². The van der Waals surface area contributed by atoms with Crippen LogP contribution in [0.5, 0.6) is 0 Å². The van der Waals surface area contributed by atoms with Crippen LogP contribution in [0.25, 0.3) is 11.3 Å². The molecule has 3 aromatic rings. The summed E-state index contributed by atoms with van der Waals surface area (Å²) in [6, 6.07) is 8.25. The van der Waals surface area contributed by atoms with Gasteiger partial charge < -0.3 is 9.73 Å². The smallest absolute Gasteiger partial charge is 0.434 e. The Hall–Kier alpha value is -2.68. The van der Waals surface area contributed by atoms with Crippen molar-refractivity contribution in [3.8, 4) is 11.3 Å². The predicted molar refractivity (Wildman–Crippen MR) is 84.9 cm³/mol. The number of hydrogen-bond donors (Lipinski definition) is 1. The second kappa shape index (κ2) is 6.67. The number of amides is 1.